The van der Waals surface area contributed by atoms with Gasteiger partial charge in [0, 0.05) is 6.07 Å². The molecule has 10 heteroatoms. The molecule has 0 fully saturated rings. The Bertz CT molecular complexity index is 879. The van der Waals surface area contributed by atoms with Gasteiger partial charge in [-0.15, -0.1) is 0 Å². The molecular weight excluding hydrogens is 268 g/mol. The standard InChI is InChI=1S/C10H6N6O4/c17-5-1-4(15-10(19)16-5)9(18)20-8-6-7(12-2-11-6)13-3-14-8/h1-3H,(H,11,12,13,14)(H2,15,16,17,19). The van der Waals surface area contributed by atoms with E-state index in [9.17, 15) is 14.4 Å². The number of aromatic amines is 3. The average Bonchev–Trinajstić information content (AvgIpc) is 2.87. The van der Waals surface area contributed by atoms with Crippen LogP contribution in [0.3, 0.4) is 0 Å². The van der Waals surface area contributed by atoms with E-state index < -0.39 is 17.2 Å². The zero-order chi connectivity index (χ0) is 14.1. The van der Waals surface area contributed by atoms with Crippen LogP contribution < -0.4 is 16.0 Å². The lowest BCUT2D eigenvalue weighted by Crippen LogP contribution is -2.26. The van der Waals surface area contributed by atoms with Crippen LogP contribution >= 0.6 is 0 Å². The maximum absolute atomic E-state index is 11.8. The smallest absolute Gasteiger partial charge is 0.361 e. The summed E-state index contributed by atoms with van der Waals surface area (Å²) in [4.78, 5) is 52.4. The first-order chi connectivity index (χ1) is 9.63. The molecule has 0 aromatic carbocycles. The number of nitrogens with zero attached hydrogens (tertiary/aromatic N) is 3. The number of H-pyrrole nitrogens is 3. The van der Waals surface area contributed by atoms with E-state index in [-0.39, 0.29) is 11.6 Å². The lowest BCUT2D eigenvalue weighted by Gasteiger charge is -2.02. The molecule has 0 aliphatic carbocycles. The summed E-state index contributed by atoms with van der Waals surface area (Å²) in [6, 6.07) is 0.912. The highest BCUT2D eigenvalue weighted by molar-refractivity contribution is 5.90. The van der Waals surface area contributed by atoms with Crippen molar-refractivity contribution in [2.45, 2.75) is 0 Å². The van der Waals surface area contributed by atoms with Gasteiger partial charge in [-0.25, -0.2) is 19.6 Å². The molecule has 3 rings (SSSR count). The summed E-state index contributed by atoms with van der Waals surface area (Å²) >= 11 is 0. The second-order valence-electron chi connectivity index (χ2n) is 3.67. The Morgan fingerprint density at radius 1 is 1.15 bits per heavy atom. The van der Waals surface area contributed by atoms with Gasteiger partial charge in [0.1, 0.15) is 17.5 Å². The predicted molar refractivity (Wildman–Crippen MR) is 64.3 cm³/mol. The minimum atomic E-state index is -0.928. The molecule has 0 radical (unpaired) electrons. The fourth-order valence-electron chi connectivity index (χ4n) is 1.54. The SMILES string of the molecule is O=C(Oc1ncnc2nc[nH]c12)c1cc(=O)[nH]c(=O)[nH]1. The Kier molecular flexibility index (Phi) is 2.60. The first kappa shape index (κ1) is 11.8. The molecular formula is C10H6N6O4. The summed E-state index contributed by atoms with van der Waals surface area (Å²) in [7, 11) is 0. The minimum Gasteiger partial charge on any atom is -0.400 e. The summed E-state index contributed by atoms with van der Waals surface area (Å²) in [5.41, 5.74) is -1.16. The van der Waals surface area contributed by atoms with Crippen molar-refractivity contribution in [1.29, 1.82) is 0 Å². The van der Waals surface area contributed by atoms with Gasteiger partial charge in [-0.2, -0.15) is 4.98 Å². The number of fused-ring (bicyclic) bond motifs is 1. The molecule has 0 saturated heterocycles. The number of esters is 1. The van der Waals surface area contributed by atoms with Gasteiger partial charge in [0.25, 0.3) is 11.4 Å². The van der Waals surface area contributed by atoms with E-state index in [0.29, 0.717) is 11.2 Å². The molecule has 0 bridgehead atoms. The fraction of sp³-hybridized carbons (Fsp3) is 0. The number of nitrogens with one attached hydrogen (secondary N) is 3. The molecule has 0 amide bonds. The highest BCUT2D eigenvalue weighted by Crippen LogP contribution is 2.17. The molecule has 0 atom stereocenters. The molecule has 0 aliphatic heterocycles. The van der Waals surface area contributed by atoms with Crippen molar-refractivity contribution in [2.24, 2.45) is 0 Å². The van der Waals surface area contributed by atoms with Crippen molar-refractivity contribution in [3.8, 4) is 5.88 Å². The molecule has 3 aromatic heterocycles. The first-order valence-electron chi connectivity index (χ1n) is 5.33. The van der Waals surface area contributed by atoms with Crippen LogP contribution in [0.15, 0.2) is 28.3 Å². The number of aromatic nitrogens is 6. The van der Waals surface area contributed by atoms with Crippen LogP contribution in [0.25, 0.3) is 11.2 Å². The summed E-state index contributed by atoms with van der Waals surface area (Å²) < 4.78 is 5.00. The second kappa shape index (κ2) is 4.42. The molecule has 100 valence electrons. The quantitative estimate of drug-likeness (QED) is 0.505. The number of hydrogen-bond donors (Lipinski definition) is 3. The molecule has 0 aliphatic rings. The molecule has 10 nitrogen and oxygen atoms in total. The van der Waals surface area contributed by atoms with Gasteiger partial charge in [-0.3, -0.25) is 9.78 Å². The number of ether oxygens (including phenoxy) is 1. The maximum atomic E-state index is 11.8. The van der Waals surface area contributed by atoms with Crippen molar-refractivity contribution in [3.05, 3.63) is 45.3 Å². The number of imidazole rings is 1. The first-order valence-corrected chi connectivity index (χ1v) is 5.33. The van der Waals surface area contributed by atoms with E-state index in [0.717, 1.165) is 6.07 Å². The molecule has 3 heterocycles. The van der Waals surface area contributed by atoms with Gasteiger partial charge in [-0.1, -0.05) is 0 Å². The largest absolute Gasteiger partial charge is 0.400 e. The van der Waals surface area contributed by atoms with Crippen LogP contribution in [0.1, 0.15) is 10.5 Å². The zero-order valence-electron chi connectivity index (χ0n) is 9.71. The monoisotopic (exact) mass is 274 g/mol. The number of rotatable bonds is 2. The van der Waals surface area contributed by atoms with Gasteiger partial charge >= 0.3 is 11.7 Å². The Morgan fingerprint density at radius 2 is 2.00 bits per heavy atom. The van der Waals surface area contributed by atoms with E-state index in [4.69, 9.17) is 4.74 Å². The van der Waals surface area contributed by atoms with Crippen molar-refractivity contribution < 1.29 is 9.53 Å². The molecule has 0 saturated carbocycles. The van der Waals surface area contributed by atoms with Gasteiger partial charge in [-0.05, 0) is 0 Å². The predicted octanol–water partition coefficient (Wildman–Crippen LogP) is -1.05. The Morgan fingerprint density at radius 3 is 2.80 bits per heavy atom. The molecule has 3 N–H and O–H groups in total. The van der Waals surface area contributed by atoms with E-state index in [2.05, 4.69) is 24.9 Å². The lowest BCUT2D eigenvalue weighted by atomic mass is 10.4. The number of carbonyl (C=O) groups is 1. The van der Waals surface area contributed by atoms with Crippen molar-refractivity contribution in [1.82, 2.24) is 29.9 Å². The van der Waals surface area contributed by atoms with Crippen LogP contribution in [0.5, 0.6) is 5.88 Å². The van der Waals surface area contributed by atoms with Gasteiger partial charge in [0.2, 0.25) is 0 Å². The van der Waals surface area contributed by atoms with Crippen LogP contribution in [-0.2, 0) is 0 Å². The highest BCUT2D eigenvalue weighted by Gasteiger charge is 2.15. The molecule has 20 heavy (non-hydrogen) atoms. The van der Waals surface area contributed by atoms with E-state index >= 15 is 0 Å². The summed E-state index contributed by atoms with van der Waals surface area (Å²) in [5.74, 6) is -0.985. The molecule has 3 aromatic rings. The number of carbonyl (C=O) groups excluding carboxylic acids is 1. The maximum Gasteiger partial charge on any atom is 0.361 e. The summed E-state index contributed by atoms with van der Waals surface area (Å²) in [5, 5.41) is 0. The van der Waals surface area contributed by atoms with E-state index in [1.54, 1.807) is 0 Å². The summed E-state index contributed by atoms with van der Waals surface area (Å²) in [6.07, 6.45) is 2.54. The topological polar surface area (TPSA) is 146 Å². The van der Waals surface area contributed by atoms with Crippen LogP contribution in [-0.4, -0.2) is 35.9 Å². The third kappa shape index (κ3) is 2.05. The highest BCUT2D eigenvalue weighted by atomic mass is 16.5. The van der Waals surface area contributed by atoms with Gasteiger partial charge in [0.15, 0.2) is 5.65 Å². The fourth-order valence-corrected chi connectivity index (χ4v) is 1.54. The number of hydrogen-bond acceptors (Lipinski definition) is 7. The van der Waals surface area contributed by atoms with Gasteiger partial charge in [0.05, 0.1) is 6.33 Å². The Balaban J connectivity index is 1.98. The lowest BCUT2D eigenvalue weighted by molar-refractivity contribution is 0.0722. The van der Waals surface area contributed by atoms with Crippen LogP contribution in [0.4, 0.5) is 0 Å². The zero-order valence-corrected chi connectivity index (χ0v) is 9.71. The third-order valence-corrected chi connectivity index (χ3v) is 2.36. The van der Waals surface area contributed by atoms with E-state index in [1.165, 1.54) is 12.7 Å². The Hall–Kier alpha value is -3.30. The van der Waals surface area contributed by atoms with Crippen molar-refractivity contribution in [2.75, 3.05) is 0 Å². The molecule has 0 spiro atoms. The van der Waals surface area contributed by atoms with Gasteiger partial charge < -0.3 is 14.7 Å². The van der Waals surface area contributed by atoms with E-state index in [1.807, 2.05) is 4.98 Å². The minimum absolute atomic E-state index is 0.0568. The Labute approximate surface area is 108 Å². The average molecular weight is 274 g/mol. The van der Waals surface area contributed by atoms with Crippen LogP contribution in [0, 0.1) is 0 Å². The normalized spacial score (nSPS) is 10.6. The third-order valence-electron chi connectivity index (χ3n) is 2.36. The second-order valence-corrected chi connectivity index (χ2v) is 3.67. The molecule has 0 unspecified atom stereocenters. The summed E-state index contributed by atoms with van der Waals surface area (Å²) in [6.45, 7) is 0. The van der Waals surface area contributed by atoms with Crippen molar-refractivity contribution in [3.63, 3.8) is 0 Å². The van der Waals surface area contributed by atoms with Crippen LogP contribution in [0.2, 0.25) is 0 Å². The van der Waals surface area contributed by atoms with Crippen molar-refractivity contribution >= 4 is 17.1 Å².